The summed E-state index contributed by atoms with van der Waals surface area (Å²) < 4.78 is 5.31. The predicted octanol–water partition coefficient (Wildman–Crippen LogP) is 1.44. The highest BCUT2D eigenvalue weighted by Crippen LogP contribution is 2.36. The summed E-state index contributed by atoms with van der Waals surface area (Å²) in [7, 11) is 0. The fourth-order valence-corrected chi connectivity index (χ4v) is 4.62. The van der Waals surface area contributed by atoms with E-state index >= 15 is 0 Å². The van der Waals surface area contributed by atoms with Crippen LogP contribution in [0.15, 0.2) is 24.3 Å². The average molecular weight is 409 g/mol. The number of amides is 5. The smallest absolute Gasteiger partial charge is 0.289 e. The summed E-state index contributed by atoms with van der Waals surface area (Å²) in [5.41, 5.74) is 0.489. The second-order valence-electron chi connectivity index (χ2n) is 5.55. The Morgan fingerprint density at radius 2 is 1.85 bits per heavy atom. The fraction of sp³-hybridized carbons (Fsp3) is 0.312. The predicted molar refractivity (Wildman–Crippen MR) is 99.6 cm³/mol. The van der Waals surface area contributed by atoms with E-state index in [4.69, 9.17) is 4.74 Å². The summed E-state index contributed by atoms with van der Waals surface area (Å²) >= 11 is 1.32. The molecule has 3 rings (SSSR count). The minimum absolute atomic E-state index is 0.471. The number of carbonyl (C=O) groups is 5. The molecule has 9 nitrogen and oxygen atoms in total. The van der Waals surface area contributed by atoms with E-state index in [2.05, 4.69) is 10.6 Å². The van der Waals surface area contributed by atoms with E-state index in [9.17, 15) is 24.0 Å². The standard InChI is InChI=1S/C16H15N3O6S2/c1-2-25-9-5-3-8(4-6-9)17-10(20)7-19-14(22)12(27-16(19)24)11-13(21)18-15(23)26-11/h3-6,11-12H,2,7H2,1H3,(H,17,20)(H,18,21,23)/t11-,12+/m0/s1. The number of thioether (sulfide) groups is 2. The molecule has 2 atom stereocenters. The molecule has 0 spiro atoms. The van der Waals surface area contributed by atoms with Gasteiger partial charge in [-0.2, -0.15) is 0 Å². The zero-order valence-electron chi connectivity index (χ0n) is 14.1. The van der Waals surface area contributed by atoms with Crippen molar-refractivity contribution in [3.05, 3.63) is 24.3 Å². The Kier molecular flexibility index (Phi) is 5.71. The van der Waals surface area contributed by atoms with E-state index in [1.165, 1.54) is 0 Å². The summed E-state index contributed by atoms with van der Waals surface area (Å²) in [6.45, 7) is 1.91. The van der Waals surface area contributed by atoms with Crippen LogP contribution >= 0.6 is 23.5 Å². The molecule has 0 saturated carbocycles. The zero-order valence-corrected chi connectivity index (χ0v) is 15.7. The number of ether oxygens (including phenoxy) is 1. The number of anilines is 1. The van der Waals surface area contributed by atoms with Crippen LogP contribution in [0.5, 0.6) is 5.75 Å². The molecule has 0 aromatic heterocycles. The van der Waals surface area contributed by atoms with Crippen LogP contribution in [0.1, 0.15) is 6.92 Å². The lowest BCUT2D eigenvalue weighted by atomic mass is 10.2. The van der Waals surface area contributed by atoms with Crippen LogP contribution in [-0.2, 0) is 14.4 Å². The largest absolute Gasteiger partial charge is 0.494 e. The maximum absolute atomic E-state index is 12.4. The molecule has 11 heteroatoms. The summed E-state index contributed by atoms with van der Waals surface area (Å²) in [6.07, 6.45) is 0. The summed E-state index contributed by atoms with van der Waals surface area (Å²) in [4.78, 5) is 60.5. The molecule has 0 aliphatic carbocycles. The zero-order chi connectivity index (χ0) is 19.6. The van der Waals surface area contributed by atoms with Crippen LogP contribution in [0.3, 0.4) is 0 Å². The van der Waals surface area contributed by atoms with Gasteiger partial charge < -0.3 is 10.1 Å². The van der Waals surface area contributed by atoms with Crippen LogP contribution in [0.2, 0.25) is 0 Å². The number of hydrogen-bond donors (Lipinski definition) is 2. The highest BCUT2D eigenvalue weighted by Gasteiger charge is 2.50. The second kappa shape index (κ2) is 8.01. The van der Waals surface area contributed by atoms with Crippen LogP contribution in [0, 0.1) is 0 Å². The van der Waals surface area contributed by atoms with Gasteiger partial charge in [0.05, 0.1) is 6.61 Å². The monoisotopic (exact) mass is 409 g/mol. The van der Waals surface area contributed by atoms with E-state index in [1.807, 2.05) is 6.92 Å². The Morgan fingerprint density at radius 3 is 2.44 bits per heavy atom. The van der Waals surface area contributed by atoms with Crippen LogP contribution < -0.4 is 15.4 Å². The first-order chi connectivity index (χ1) is 12.9. The van der Waals surface area contributed by atoms with Crippen LogP contribution in [0.25, 0.3) is 0 Å². The lowest BCUT2D eigenvalue weighted by Gasteiger charge is -2.15. The Hall–Kier alpha value is -2.53. The van der Waals surface area contributed by atoms with Gasteiger partial charge in [-0.05, 0) is 54.7 Å². The molecule has 2 N–H and O–H groups in total. The minimum Gasteiger partial charge on any atom is -0.494 e. The molecule has 1 aromatic rings. The Balaban J connectivity index is 1.60. The van der Waals surface area contributed by atoms with Crippen molar-refractivity contribution >= 4 is 57.4 Å². The molecular weight excluding hydrogens is 394 g/mol. The summed E-state index contributed by atoms with van der Waals surface area (Å²) in [5.74, 6) is -1.17. The summed E-state index contributed by atoms with van der Waals surface area (Å²) in [5, 5.41) is 1.49. The molecule has 0 radical (unpaired) electrons. The molecule has 27 heavy (non-hydrogen) atoms. The number of nitrogens with zero attached hydrogens (tertiary/aromatic N) is 1. The molecule has 0 bridgehead atoms. The van der Waals surface area contributed by atoms with Crippen molar-refractivity contribution in [2.45, 2.75) is 17.4 Å². The topological polar surface area (TPSA) is 122 Å². The van der Waals surface area contributed by atoms with E-state index in [0.717, 1.165) is 4.90 Å². The Bertz CT molecular complexity index is 813. The molecule has 2 saturated heterocycles. The molecule has 5 amide bonds. The SMILES string of the molecule is CCOc1ccc(NC(=O)CN2C(=O)S[C@H]([C@@H]3SC(=O)NC3=O)C2=O)cc1. The third-order valence-corrected chi connectivity index (χ3v) is 6.08. The normalized spacial score (nSPS) is 22.2. The van der Waals surface area contributed by atoms with Crippen molar-refractivity contribution in [3.63, 3.8) is 0 Å². The molecule has 1 aromatic carbocycles. The van der Waals surface area contributed by atoms with Gasteiger partial charge in [-0.3, -0.25) is 34.2 Å². The maximum atomic E-state index is 12.4. The number of nitrogens with one attached hydrogen (secondary N) is 2. The van der Waals surface area contributed by atoms with Crippen molar-refractivity contribution in [1.29, 1.82) is 0 Å². The summed E-state index contributed by atoms with van der Waals surface area (Å²) in [6, 6.07) is 6.65. The minimum atomic E-state index is -1.02. The lowest BCUT2D eigenvalue weighted by molar-refractivity contribution is -0.131. The second-order valence-corrected chi connectivity index (χ2v) is 7.76. The van der Waals surface area contributed by atoms with Crippen molar-refractivity contribution in [3.8, 4) is 5.75 Å². The average Bonchev–Trinajstić information content (AvgIpc) is 3.09. The van der Waals surface area contributed by atoms with Gasteiger partial charge in [0.25, 0.3) is 10.5 Å². The molecule has 2 heterocycles. The van der Waals surface area contributed by atoms with Gasteiger partial charge in [0.15, 0.2) is 0 Å². The third-order valence-electron chi connectivity index (χ3n) is 3.70. The van der Waals surface area contributed by atoms with Crippen molar-refractivity contribution in [1.82, 2.24) is 10.2 Å². The van der Waals surface area contributed by atoms with Crippen molar-refractivity contribution in [2.75, 3.05) is 18.5 Å². The van der Waals surface area contributed by atoms with E-state index in [0.29, 0.717) is 41.6 Å². The quantitative estimate of drug-likeness (QED) is 0.724. The van der Waals surface area contributed by atoms with Gasteiger partial charge in [-0.1, -0.05) is 0 Å². The fourth-order valence-electron chi connectivity index (χ4n) is 2.51. The maximum Gasteiger partial charge on any atom is 0.289 e. The number of imide groups is 2. The number of carbonyl (C=O) groups excluding carboxylic acids is 5. The van der Waals surface area contributed by atoms with Crippen LogP contribution in [0.4, 0.5) is 15.3 Å². The third kappa shape index (κ3) is 4.25. The van der Waals surface area contributed by atoms with Gasteiger partial charge in [0.2, 0.25) is 17.7 Å². The molecular formula is C16H15N3O6S2. The molecule has 2 fully saturated rings. The molecule has 2 aliphatic rings. The lowest BCUT2D eigenvalue weighted by Crippen LogP contribution is -2.42. The first kappa shape index (κ1) is 19.2. The number of hydrogen-bond acceptors (Lipinski definition) is 8. The van der Waals surface area contributed by atoms with Gasteiger partial charge >= 0.3 is 0 Å². The molecule has 142 valence electrons. The number of benzene rings is 1. The van der Waals surface area contributed by atoms with Gasteiger partial charge in [0.1, 0.15) is 22.8 Å². The number of rotatable bonds is 6. The van der Waals surface area contributed by atoms with Crippen molar-refractivity contribution in [2.24, 2.45) is 0 Å². The van der Waals surface area contributed by atoms with Gasteiger partial charge in [-0.25, -0.2) is 0 Å². The molecule has 0 unspecified atom stereocenters. The van der Waals surface area contributed by atoms with Crippen molar-refractivity contribution < 1.29 is 28.7 Å². The first-order valence-corrected chi connectivity index (χ1v) is 9.71. The highest BCUT2D eigenvalue weighted by atomic mass is 32.2. The Morgan fingerprint density at radius 1 is 1.15 bits per heavy atom. The van der Waals surface area contributed by atoms with E-state index in [-0.39, 0.29) is 0 Å². The van der Waals surface area contributed by atoms with Gasteiger partial charge in [0, 0.05) is 5.69 Å². The van der Waals surface area contributed by atoms with Gasteiger partial charge in [-0.15, -0.1) is 0 Å². The first-order valence-electron chi connectivity index (χ1n) is 7.95. The van der Waals surface area contributed by atoms with Crippen LogP contribution in [-0.4, -0.2) is 56.8 Å². The highest BCUT2D eigenvalue weighted by molar-refractivity contribution is 8.19. The molecule has 2 aliphatic heterocycles. The Labute approximate surface area is 162 Å². The van der Waals surface area contributed by atoms with E-state index in [1.54, 1.807) is 24.3 Å². The van der Waals surface area contributed by atoms with E-state index < -0.39 is 45.2 Å².